The average molecular weight is 276 g/mol. The van der Waals surface area contributed by atoms with Gasteiger partial charge in [-0.15, -0.1) is 0 Å². The Balaban J connectivity index is 1.90. The van der Waals surface area contributed by atoms with Gasteiger partial charge in [-0.25, -0.2) is 8.78 Å². The fraction of sp³-hybridized carbons (Fsp3) is 0.133. The maximum absolute atomic E-state index is 13.0. The molecular weight excluding hydrogens is 262 g/mol. The van der Waals surface area contributed by atoms with Crippen molar-refractivity contribution >= 4 is 17.3 Å². The molecule has 2 rings (SSSR count). The van der Waals surface area contributed by atoms with Gasteiger partial charge in [-0.3, -0.25) is 4.79 Å². The lowest BCUT2D eigenvalue weighted by atomic mass is 10.2. The van der Waals surface area contributed by atoms with Gasteiger partial charge in [-0.1, -0.05) is 12.1 Å². The molecule has 0 bridgehead atoms. The first-order valence-electron chi connectivity index (χ1n) is 6.10. The summed E-state index contributed by atoms with van der Waals surface area (Å²) in [4.78, 5) is 11.7. The summed E-state index contributed by atoms with van der Waals surface area (Å²) >= 11 is 0. The monoisotopic (exact) mass is 276 g/mol. The first-order chi connectivity index (χ1) is 9.54. The van der Waals surface area contributed by atoms with Crippen LogP contribution in [-0.2, 0) is 4.79 Å². The highest BCUT2D eigenvalue weighted by atomic mass is 19.2. The highest BCUT2D eigenvalue weighted by Crippen LogP contribution is 2.13. The van der Waals surface area contributed by atoms with Crippen LogP contribution in [0.15, 0.2) is 42.5 Å². The van der Waals surface area contributed by atoms with Gasteiger partial charge in [0, 0.05) is 17.4 Å². The molecule has 2 aromatic rings. The minimum atomic E-state index is -0.950. The topological polar surface area (TPSA) is 41.1 Å². The summed E-state index contributed by atoms with van der Waals surface area (Å²) in [6.45, 7) is 1.90. The molecule has 0 fully saturated rings. The molecule has 3 nitrogen and oxygen atoms in total. The number of hydrogen-bond donors (Lipinski definition) is 2. The molecule has 0 radical (unpaired) electrons. The Morgan fingerprint density at radius 1 is 1.05 bits per heavy atom. The largest absolute Gasteiger partial charge is 0.376 e. The predicted octanol–water partition coefficient (Wildman–Crippen LogP) is 3.32. The van der Waals surface area contributed by atoms with Gasteiger partial charge in [0.15, 0.2) is 11.6 Å². The average Bonchev–Trinajstić information content (AvgIpc) is 2.40. The Morgan fingerprint density at radius 3 is 2.55 bits per heavy atom. The zero-order valence-electron chi connectivity index (χ0n) is 10.9. The second-order valence-electron chi connectivity index (χ2n) is 4.40. The van der Waals surface area contributed by atoms with E-state index in [9.17, 15) is 13.6 Å². The Morgan fingerprint density at radius 2 is 1.85 bits per heavy atom. The number of hydrogen-bond acceptors (Lipinski definition) is 2. The summed E-state index contributed by atoms with van der Waals surface area (Å²) in [6.07, 6.45) is 0. The molecule has 0 unspecified atom stereocenters. The van der Waals surface area contributed by atoms with E-state index in [1.54, 1.807) is 6.07 Å². The maximum Gasteiger partial charge on any atom is 0.243 e. The van der Waals surface area contributed by atoms with Crippen LogP contribution >= 0.6 is 0 Å². The van der Waals surface area contributed by atoms with Gasteiger partial charge in [-0.05, 0) is 36.8 Å². The van der Waals surface area contributed by atoms with Crippen molar-refractivity contribution in [2.75, 3.05) is 17.2 Å². The fourth-order valence-corrected chi connectivity index (χ4v) is 1.72. The van der Waals surface area contributed by atoms with E-state index in [1.165, 1.54) is 6.07 Å². The van der Waals surface area contributed by atoms with Crippen LogP contribution in [0.2, 0.25) is 0 Å². The van der Waals surface area contributed by atoms with Crippen LogP contribution in [0.3, 0.4) is 0 Å². The van der Waals surface area contributed by atoms with Crippen LogP contribution < -0.4 is 10.6 Å². The van der Waals surface area contributed by atoms with Crippen molar-refractivity contribution in [3.63, 3.8) is 0 Å². The second-order valence-corrected chi connectivity index (χ2v) is 4.40. The van der Waals surface area contributed by atoms with Crippen molar-refractivity contribution in [1.29, 1.82) is 0 Å². The summed E-state index contributed by atoms with van der Waals surface area (Å²) in [5.41, 5.74) is 2.08. The lowest BCUT2D eigenvalue weighted by molar-refractivity contribution is -0.114. The van der Waals surface area contributed by atoms with Gasteiger partial charge in [-0.2, -0.15) is 0 Å². The number of carbonyl (C=O) groups excluding carboxylic acids is 1. The summed E-state index contributed by atoms with van der Waals surface area (Å²) < 4.78 is 25.7. The van der Waals surface area contributed by atoms with Gasteiger partial charge in [0.2, 0.25) is 5.91 Å². The summed E-state index contributed by atoms with van der Waals surface area (Å²) in [6, 6.07) is 10.8. The van der Waals surface area contributed by atoms with Crippen LogP contribution in [0.5, 0.6) is 0 Å². The lowest BCUT2D eigenvalue weighted by Gasteiger charge is -2.08. The van der Waals surface area contributed by atoms with E-state index in [0.29, 0.717) is 11.4 Å². The van der Waals surface area contributed by atoms with Crippen molar-refractivity contribution in [2.45, 2.75) is 6.92 Å². The minimum Gasteiger partial charge on any atom is -0.376 e. The van der Waals surface area contributed by atoms with Crippen LogP contribution in [-0.4, -0.2) is 12.5 Å². The molecule has 1 amide bonds. The Hall–Kier alpha value is -2.43. The number of benzene rings is 2. The fourth-order valence-electron chi connectivity index (χ4n) is 1.72. The van der Waals surface area contributed by atoms with Gasteiger partial charge >= 0.3 is 0 Å². The molecule has 2 N–H and O–H groups in total. The third-order valence-corrected chi connectivity index (χ3v) is 2.67. The smallest absolute Gasteiger partial charge is 0.243 e. The van der Waals surface area contributed by atoms with Crippen LogP contribution in [0.1, 0.15) is 5.56 Å². The van der Waals surface area contributed by atoms with Crippen LogP contribution in [0.25, 0.3) is 0 Å². The molecular formula is C15H14F2N2O. The maximum atomic E-state index is 13.0. The molecule has 0 atom stereocenters. The van der Waals surface area contributed by atoms with Crippen LogP contribution in [0, 0.1) is 18.6 Å². The van der Waals surface area contributed by atoms with Gasteiger partial charge in [0.1, 0.15) is 0 Å². The summed E-state index contributed by atoms with van der Waals surface area (Å²) in [5.74, 6) is -2.13. The molecule has 0 aliphatic heterocycles. The molecule has 0 aliphatic carbocycles. The van der Waals surface area contributed by atoms with E-state index in [-0.39, 0.29) is 12.5 Å². The van der Waals surface area contributed by atoms with E-state index in [2.05, 4.69) is 10.6 Å². The van der Waals surface area contributed by atoms with Gasteiger partial charge in [0.25, 0.3) is 0 Å². The van der Waals surface area contributed by atoms with E-state index in [0.717, 1.165) is 17.7 Å². The molecule has 0 saturated carbocycles. The standard InChI is InChI=1S/C15H14F2N2O/c1-10-3-2-4-12(7-10)19-15(20)9-18-11-5-6-13(16)14(17)8-11/h2-8,18H,9H2,1H3,(H,19,20). The molecule has 0 heterocycles. The normalized spacial score (nSPS) is 10.2. The molecule has 0 saturated heterocycles. The SMILES string of the molecule is Cc1cccc(NC(=O)CNc2ccc(F)c(F)c2)c1. The number of anilines is 2. The molecule has 0 aliphatic rings. The zero-order valence-corrected chi connectivity index (χ0v) is 10.9. The molecule has 2 aromatic carbocycles. The van der Waals surface area contributed by atoms with Crippen molar-refractivity contribution in [3.8, 4) is 0 Å². The molecule has 5 heteroatoms. The number of aryl methyl sites for hydroxylation is 1. The lowest BCUT2D eigenvalue weighted by Crippen LogP contribution is -2.21. The van der Waals surface area contributed by atoms with Gasteiger partial charge in [0.05, 0.1) is 6.54 Å². The predicted molar refractivity (Wildman–Crippen MR) is 74.7 cm³/mol. The molecule has 20 heavy (non-hydrogen) atoms. The zero-order chi connectivity index (χ0) is 14.5. The number of halogens is 2. The first kappa shape index (κ1) is 14.0. The summed E-state index contributed by atoms with van der Waals surface area (Å²) in [7, 11) is 0. The first-order valence-corrected chi connectivity index (χ1v) is 6.10. The molecule has 104 valence electrons. The highest BCUT2D eigenvalue weighted by Gasteiger charge is 2.05. The number of nitrogens with one attached hydrogen (secondary N) is 2. The van der Waals surface area contributed by atoms with Crippen LogP contribution in [0.4, 0.5) is 20.2 Å². The molecule has 0 aromatic heterocycles. The summed E-state index contributed by atoms with van der Waals surface area (Å²) in [5, 5.41) is 5.44. The van der Waals surface area contributed by atoms with E-state index in [4.69, 9.17) is 0 Å². The second kappa shape index (κ2) is 6.14. The van der Waals surface area contributed by atoms with E-state index in [1.807, 2.05) is 25.1 Å². The van der Waals surface area contributed by atoms with Crippen molar-refractivity contribution < 1.29 is 13.6 Å². The Bertz CT molecular complexity index is 629. The third-order valence-electron chi connectivity index (χ3n) is 2.67. The van der Waals surface area contributed by atoms with Crippen molar-refractivity contribution in [1.82, 2.24) is 0 Å². The van der Waals surface area contributed by atoms with E-state index < -0.39 is 11.6 Å². The highest BCUT2D eigenvalue weighted by molar-refractivity contribution is 5.93. The van der Waals surface area contributed by atoms with E-state index >= 15 is 0 Å². The minimum absolute atomic E-state index is 0.0288. The van der Waals surface area contributed by atoms with Crippen molar-refractivity contribution in [3.05, 3.63) is 59.7 Å². The Kier molecular flexibility index (Phi) is 4.30. The third kappa shape index (κ3) is 3.78. The number of carbonyl (C=O) groups is 1. The Labute approximate surface area is 115 Å². The number of amides is 1. The van der Waals surface area contributed by atoms with Crippen molar-refractivity contribution in [2.24, 2.45) is 0 Å². The van der Waals surface area contributed by atoms with Gasteiger partial charge < -0.3 is 10.6 Å². The molecule has 0 spiro atoms. The quantitative estimate of drug-likeness (QED) is 0.899. The number of rotatable bonds is 4.